The quantitative estimate of drug-likeness (QED) is 0.281. The first-order valence-corrected chi connectivity index (χ1v) is 12.5. The van der Waals surface area contributed by atoms with Gasteiger partial charge < -0.3 is 15.7 Å². The highest BCUT2D eigenvalue weighted by Gasteiger charge is 2.31. The van der Waals surface area contributed by atoms with Gasteiger partial charge in [-0.3, -0.25) is 14.6 Å². The van der Waals surface area contributed by atoms with E-state index in [4.69, 9.17) is 5.10 Å². The van der Waals surface area contributed by atoms with Crippen molar-refractivity contribution in [1.29, 1.82) is 0 Å². The van der Waals surface area contributed by atoms with Gasteiger partial charge >= 0.3 is 0 Å². The number of nitrogens with zero attached hydrogens (tertiary/aromatic N) is 4. The average Bonchev–Trinajstić information content (AvgIpc) is 3.44. The number of allylic oxidation sites excluding steroid dienone is 3. The molecule has 1 aromatic carbocycles. The summed E-state index contributed by atoms with van der Waals surface area (Å²) in [7, 11) is 1.66. The molecule has 3 aromatic rings. The second-order valence-electron chi connectivity index (χ2n) is 8.39. The van der Waals surface area contributed by atoms with Crippen molar-refractivity contribution in [3.05, 3.63) is 59.7 Å². The van der Waals surface area contributed by atoms with Crippen molar-refractivity contribution in [1.82, 2.24) is 14.8 Å². The van der Waals surface area contributed by atoms with Crippen molar-refractivity contribution in [2.45, 2.75) is 46.6 Å². The van der Waals surface area contributed by atoms with E-state index in [1.165, 1.54) is 35.1 Å². The monoisotopic (exact) mass is 538 g/mol. The molecule has 0 fully saturated rings. The lowest BCUT2D eigenvalue weighted by Crippen LogP contribution is -2.26. The van der Waals surface area contributed by atoms with E-state index in [0.717, 1.165) is 21.7 Å². The van der Waals surface area contributed by atoms with Crippen molar-refractivity contribution < 1.29 is 19.1 Å². The Bertz CT molecular complexity index is 1440. The minimum atomic E-state index is -1.18. The molecule has 0 aliphatic heterocycles. The molecule has 4 rings (SSSR count). The molecule has 38 heavy (non-hydrogen) atoms. The third-order valence-corrected chi connectivity index (χ3v) is 6.78. The third kappa shape index (κ3) is 5.63. The van der Waals surface area contributed by atoms with Crippen LogP contribution >= 0.6 is 11.3 Å². The molecule has 0 saturated carbocycles. The molecule has 1 aliphatic carbocycles. The lowest BCUT2D eigenvalue weighted by atomic mass is 9.95. The average molecular weight is 539 g/mol. The van der Waals surface area contributed by atoms with Gasteiger partial charge in [-0.05, 0) is 37.5 Å². The van der Waals surface area contributed by atoms with E-state index in [0.29, 0.717) is 29.4 Å². The Hall–Kier alpha value is -3.96. The standard InChI is InChI=1S/C26H27FN6O3S.CH4/c1-5-7-15(13-28-4)22-17-9-10-19-24(37-26(31-19)29-14(3)34)23(17)33(32-22)20-11-8-16(12-18(20)27)30-25(36)21(35)6-2;/h5,7-8,11-13,21,35H,1,6,9-10H2,2-4H3,(H,30,36)(H,29,31,34);1H4/b15-7+,28-13?;. The Morgan fingerprint density at radius 2 is 2.11 bits per heavy atom. The van der Waals surface area contributed by atoms with E-state index < -0.39 is 17.8 Å². The lowest BCUT2D eigenvalue weighted by molar-refractivity contribution is -0.124. The van der Waals surface area contributed by atoms with E-state index in [1.54, 1.807) is 38.4 Å². The van der Waals surface area contributed by atoms with E-state index in [1.807, 2.05) is 0 Å². The van der Waals surface area contributed by atoms with Gasteiger partial charge in [0.2, 0.25) is 5.91 Å². The second-order valence-corrected chi connectivity index (χ2v) is 9.39. The maximum absolute atomic E-state index is 15.5. The normalized spacial score (nSPS) is 13.3. The van der Waals surface area contributed by atoms with Crippen LogP contribution in [0.15, 0.2) is 41.9 Å². The van der Waals surface area contributed by atoms with Crippen LogP contribution in [-0.4, -0.2) is 51.1 Å². The van der Waals surface area contributed by atoms with Crippen molar-refractivity contribution in [3.8, 4) is 16.3 Å². The molecule has 0 spiro atoms. The van der Waals surface area contributed by atoms with E-state index in [2.05, 4.69) is 27.2 Å². The number of halogens is 1. The number of thiazole rings is 1. The van der Waals surface area contributed by atoms with Crippen molar-refractivity contribution in [2.75, 3.05) is 17.7 Å². The van der Waals surface area contributed by atoms with Gasteiger partial charge in [-0.2, -0.15) is 5.10 Å². The fourth-order valence-corrected chi connectivity index (χ4v) is 5.21. The fraction of sp³-hybridized carbons (Fsp3) is 0.296. The number of nitrogens with one attached hydrogen (secondary N) is 2. The molecule has 1 aliphatic rings. The maximum Gasteiger partial charge on any atom is 0.253 e. The molecule has 9 nitrogen and oxygen atoms in total. The number of aliphatic imine (C=N–C) groups is 1. The van der Waals surface area contributed by atoms with Crippen LogP contribution < -0.4 is 10.6 Å². The van der Waals surface area contributed by atoms with Crippen molar-refractivity contribution >= 4 is 45.8 Å². The molecule has 2 heterocycles. The van der Waals surface area contributed by atoms with Gasteiger partial charge in [0.15, 0.2) is 10.9 Å². The topological polar surface area (TPSA) is 122 Å². The van der Waals surface area contributed by atoms with Crippen LogP contribution in [0.5, 0.6) is 0 Å². The zero-order valence-corrected chi connectivity index (χ0v) is 21.5. The van der Waals surface area contributed by atoms with Gasteiger partial charge in [0.1, 0.15) is 11.8 Å². The number of aliphatic hydroxyl groups is 1. The molecule has 0 radical (unpaired) electrons. The summed E-state index contributed by atoms with van der Waals surface area (Å²) in [4.78, 5) is 33.2. The highest BCUT2D eigenvalue weighted by atomic mass is 32.1. The number of aliphatic hydroxyl groups excluding tert-OH is 1. The van der Waals surface area contributed by atoms with Gasteiger partial charge in [-0.25, -0.2) is 14.1 Å². The Kier molecular flexibility index (Phi) is 9.08. The summed E-state index contributed by atoms with van der Waals surface area (Å²) >= 11 is 1.31. The zero-order chi connectivity index (χ0) is 26.7. The molecular formula is C27H31FN6O3S. The van der Waals surface area contributed by atoms with Crippen molar-refractivity contribution in [3.63, 3.8) is 0 Å². The minimum absolute atomic E-state index is 0. The number of benzene rings is 1. The smallest absolute Gasteiger partial charge is 0.253 e. The van der Waals surface area contributed by atoms with Gasteiger partial charge in [0.05, 0.1) is 22.0 Å². The molecule has 1 unspecified atom stereocenters. The highest BCUT2D eigenvalue weighted by Crippen LogP contribution is 2.43. The number of aromatic nitrogens is 3. The van der Waals surface area contributed by atoms with Crippen LogP contribution in [0.25, 0.3) is 21.8 Å². The lowest BCUT2D eigenvalue weighted by Gasteiger charge is -2.15. The Morgan fingerprint density at radius 1 is 1.34 bits per heavy atom. The first-order valence-electron chi connectivity index (χ1n) is 11.7. The Balaban J connectivity index is 0.00000400. The number of carbonyl (C=O) groups is 2. The number of rotatable bonds is 8. The molecule has 2 aromatic heterocycles. The van der Waals surface area contributed by atoms with Gasteiger partial charge in [-0.15, -0.1) is 0 Å². The predicted octanol–water partition coefficient (Wildman–Crippen LogP) is 4.81. The van der Waals surface area contributed by atoms with E-state index in [-0.39, 0.29) is 31.1 Å². The summed E-state index contributed by atoms with van der Waals surface area (Å²) < 4.78 is 17.0. The molecule has 11 heteroatoms. The largest absolute Gasteiger partial charge is 0.383 e. The van der Waals surface area contributed by atoms with Crippen LogP contribution in [0.2, 0.25) is 0 Å². The summed E-state index contributed by atoms with van der Waals surface area (Å²) in [6.45, 7) is 6.88. The highest BCUT2D eigenvalue weighted by molar-refractivity contribution is 7.19. The summed E-state index contributed by atoms with van der Waals surface area (Å²) in [5.74, 6) is -1.45. The van der Waals surface area contributed by atoms with Gasteiger partial charge in [0, 0.05) is 37.0 Å². The molecule has 3 N–H and O–H groups in total. The predicted molar refractivity (Wildman–Crippen MR) is 151 cm³/mol. The molecule has 0 bridgehead atoms. The summed E-state index contributed by atoms with van der Waals surface area (Å²) in [5.41, 5.74) is 4.14. The first kappa shape index (κ1) is 28.6. The zero-order valence-electron chi connectivity index (χ0n) is 20.7. The molecule has 200 valence electrons. The van der Waals surface area contributed by atoms with Crippen LogP contribution in [-0.2, 0) is 22.4 Å². The molecule has 0 saturated heterocycles. The van der Waals surface area contributed by atoms with Crippen LogP contribution in [0.4, 0.5) is 15.2 Å². The third-order valence-electron chi connectivity index (χ3n) is 5.76. The van der Waals surface area contributed by atoms with E-state index in [9.17, 15) is 14.7 Å². The second kappa shape index (κ2) is 12.1. The molecule has 1 atom stereocenters. The number of fused-ring (bicyclic) bond motifs is 3. The molecule has 2 amide bonds. The number of carbonyl (C=O) groups excluding carboxylic acids is 2. The fourth-order valence-electron chi connectivity index (χ4n) is 4.10. The summed E-state index contributed by atoms with van der Waals surface area (Å²) in [6.07, 6.45) is 5.41. The Labute approximate surface area is 224 Å². The SMILES string of the molecule is C.C=C/C=C(\C=NC)c1nn(-c2ccc(NC(=O)C(O)CC)cc2F)c2c1CCc1nc(NC(C)=O)sc1-2. The number of amides is 2. The minimum Gasteiger partial charge on any atom is -0.383 e. The van der Waals surface area contributed by atoms with Crippen LogP contribution in [0.1, 0.15) is 44.6 Å². The van der Waals surface area contributed by atoms with Crippen LogP contribution in [0.3, 0.4) is 0 Å². The first-order chi connectivity index (χ1) is 17.8. The van der Waals surface area contributed by atoms with Gasteiger partial charge in [-0.1, -0.05) is 44.4 Å². The van der Waals surface area contributed by atoms with E-state index >= 15 is 4.39 Å². The Morgan fingerprint density at radius 3 is 2.74 bits per heavy atom. The number of hydrogen-bond donors (Lipinski definition) is 3. The summed E-state index contributed by atoms with van der Waals surface area (Å²) in [5, 5.41) is 20.3. The maximum atomic E-state index is 15.5. The number of hydrogen-bond acceptors (Lipinski definition) is 7. The van der Waals surface area contributed by atoms with Crippen molar-refractivity contribution in [2.24, 2.45) is 4.99 Å². The molecular weight excluding hydrogens is 507 g/mol. The van der Waals surface area contributed by atoms with Gasteiger partial charge in [0.25, 0.3) is 5.91 Å². The summed E-state index contributed by atoms with van der Waals surface area (Å²) in [6, 6.07) is 4.27. The van der Waals surface area contributed by atoms with Crippen LogP contribution in [0, 0.1) is 5.82 Å². The number of aryl methyl sites for hydroxylation is 1. The number of anilines is 2.